The van der Waals surface area contributed by atoms with Crippen LogP contribution in [0.25, 0.3) is 11.5 Å². The van der Waals surface area contributed by atoms with Crippen LogP contribution in [0.5, 0.6) is 0 Å². The maximum atomic E-state index is 12.2. The molecule has 26 heavy (non-hydrogen) atoms. The van der Waals surface area contributed by atoms with Crippen LogP contribution in [0.15, 0.2) is 28.7 Å². The molecule has 0 fully saturated rings. The van der Waals surface area contributed by atoms with Gasteiger partial charge >= 0.3 is 0 Å². The van der Waals surface area contributed by atoms with Gasteiger partial charge in [-0.3, -0.25) is 9.00 Å². The van der Waals surface area contributed by atoms with Crippen molar-refractivity contribution in [3.05, 3.63) is 41.3 Å². The van der Waals surface area contributed by atoms with Gasteiger partial charge in [-0.15, -0.1) is 0 Å². The molecule has 1 aromatic carbocycles. The van der Waals surface area contributed by atoms with Gasteiger partial charge in [0.05, 0.1) is 11.4 Å². The van der Waals surface area contributed by atoms with Crippen molar-refractivity contribution in [2.75, 3.05) is 25.5 Å². The summed E-state index contributed by atoms with van der Waals surface area (Å²) in [6.45, 7) is 7.54. The highest BCUT2D eigenvalue weighted by molar-refractivity contribution is 7.84. The summed E-state index contributed by atoms with van der Waals surface area (Å²) in [4.78, 5) is 16.3. The van der Waals surface area contributed by atoms with Crippen molar-refractivity contribution in [2.24, 2.45) is 0 Å². The Kier molecular flexibility index (Phi) is 8.00. The van der Waals surface area contributed by atoms with Gasteiger partial charge in [-0.1, -0.05) is 17.7 Å². The second-order valence-electron chi connectivity index (χ2n) is 6.02. The quantitative estimate of drug-likeness (QED) is 0.643. The van der Waals surface area contributed by atoms with Crippen molar-refractivity contribution in [1.29, 1.82) is 0 Å². The zero-order chi connectivity index (χ0) is 18.9. The first-order valence-electron chi connectivity index (χ1n) is 8.72. The molecular formula is C19H26N2O4S. The van der Waals surface area contributed by atoms with Crippen LogP contribution in [0.3, 0.4) is 0 Å². The standard InChI is InChI=1S/C19H26N2O4S/c1-4-24-11-5-10-20-18(22)13-26(23)12-17-15(3)25-19(21-17)16-8-6-14(2)7-9-16/h6-9H,4-5,10-13H2,1-3H3,(H,20,22)/t26-/m0/s1. The number of hydrogen-bond acceptors (Lipinski definition) is 5. The molecule has 0 radical (unpaired) electrons. The number of hydrogen-bond donors (Lipinski definition) is 1. The Hall–Kier alpha value is -1.99. The lowest BCUT2D eigenvalue weighted by molar-refractivity contribution is -0.118. The van der Waals surface area contributed by atoms with Crippen molar-refractivity contribution in [3.8, 4) is 11.5 Å². The third kappa shape index (κ3) is 6.38. The SMILES string of the molecule is CCOCCCNC(=O)C[S@@](=O)Cc1nc(-c2ccc(C)cc2)oc1C. The van der Waals surface area contributed by atoms with Gasteiger partial charge in [0.2, 0.25) is 11.8 Å². The van der Waals surface area contributed by atoms with Crippen LogP contribution in [0.2, 0.25) is 0 Å². The summed E-state index contributed by atoms with van der Waals surface area (Å²) in [5.74, 6) is 1.08. The highest BCUT2D eigenvalue weighted by Crippen LogP contribution is 2.22. The molecule has 0 aliphatic rings. The molecule has 1 amide bonds. The number of nitrogens with zero attached hydrogens (tertiary/aromatic N) is 1. The van der Waals surface area contributed by atoms with Gasteiger partial charge in [-0.05, 0) is 39.3 Å². The summed E-state index contributed by atoms with van der Waals surface area (Å²) in [5, 5.41) is 2.75. The lowest BCUT2D eigenvalue weighted by Crippen LogP contribution is -2.30. The Balaban J connectivity index is 1.85. The van der Waals surface area contributed by atoms with E-state index in [9.17, 15) is 9.00 Å². The highest BCUT2D eigenvalue weighted by Gasteiger charge is 2.16. The van der Waals surface area contributed by atoms with Crippen LogP contribution >= 0.6 is 0 Å². The van der Waals surface area contributed by atoms with E-state index in [1.807, 2.05) is 38.1 Å². The third-order valence-electron chi connectivity index (χ3n) is 3.77. The van der Waals surface area contributed by atoms with E-state index >= 15 is 0 Å². The molecule has 7 heteroatoms. The number of oxazole rings is 1. The number of nitrogens with one attached hydrogen (secondary N) is 1. The molecule has 1 atom stereocenters. The minimum Gasteiger partial charge on any atom is -0.441 e. The average Bonchev–Trinajstić information content (AvgIpc) is 2.95. The van der Waals surface area contributed by atoms with Crippen LogP contribution in [0.1, 0.15) is 30.4 Å². The number of aromatic nitrogens is 1. The van der Waals surface area contributed by atoms with Crippen molar-refractivity contribution in [2.45, 2.75) is 32.9 Å². The summed E-state index contributed by atoms with van der Waals surface area (Å²) in [7, 11) is -1.33. The van der Waals surface area contributed by atoms with Gasteiger partial charge < -0.3 is 14.5 Å². The number of ether oxygens (including phenoxy) is 1. The molecule has 1 N–H and O–H groups in total. The molecule has 1 aromatic heterocycles. The fraction of sp³-hybridized carbons (Fsp3) is 0.474. The van der Waals surface area contributed by atoms with Gasteiger partial charge in [0.25, 0.3) is 0 Å². The largest absolute Gasteiger partial charge is 0.441 e. The lowest BCUT2D eigenvalue weighted by atomic mass is 10.1. The smallest absolute Gasteiger partial charge is 0.232 e. The van der Waals surface area contributed by atoms with E-state index in [-0.39, 0.29) is 17.4 Å². The normalized spacial score (nSPS) is 12.1. The molecule has 142 valence electrons. The predicted molar refractivity (Wildman–Crippen MR) is 102 cm³/mol. The van der Waals surface area contributed by atoms with E-state index < -0.39 is 10.8 Å². The zero-order valence-corrected chi connectivity index (χ0v) is 16.4. The van der Waals surface area contributed by atoms with Crippen molar-refractivity contribution >= 4 is 16.7 Å². The van der Waals surface area contributed by atoms with Gasteiger partial charge in [0, 0.05) is 36.1 Å². The van der Waals surface area contributed by atoms with E-state index in [4.69, 9.17) is 9.15 Å². The Morgan fingerprint density at radius 3 is 2.69 bits per heavy atom. The Bertz CT molecular complexity index is 740. The van der Waals surface area contributed by atoms with Crippen LogP contribution in [-0.2, 0) is 26.1 Å². The molecule has 0 unspecified atom stereocenters. The molecule has 0 spiro atoms. The van der Waals surface area contributed by atoms with Crippen molar-refractivity contribution in [3.63, 3.8) is 0 Å². The van der Waals surface area contributed by atoms with Crippen LogP contribution in [-0.4, -0.2) is 40.6 Å². The minimum atomic E-state index is -1.33. The number of rotatable bonds is 10. The van der Waals surface area contributed by atoms with Gasteiger partial charge in [-0.2, -0.15) is 0 Å². The maximum absolute atomic E-state index is 12.2. The molecular weight excluding hydrogens is 352 g/mol. The lowest BCUT2D eigenvalue weighted by Gasteiger charge is -2.05. The molecule has 0 saturated carbocycles. The predicted octanol–water partition coefficient (Wildman–Crippen LogP) is 2.75. The summed E-state index contributed by atoms with van der Waals surface area (Å²) >= 11 is 0. The molecule has 0 bridgehead atoms. The Morgan fingerprint density at radius 2 is 2.00 bits per heavy atom. The van der Waals surface area contributed by atoms with Gasteiger partial charge in [-0.25, -0.2) is 4.98 Å². The van der Waals surface area contributed by atoms with E-state index in [1.54, 1.807) is 6.92 Å². The maximum Gasteiger partial charge on any atom is 0.232 e. The number of aryl methyl sites for hydroxylation is 2. The Labute approximate surface area is 156 Å². The molecule has 0 aliphatic carbocycles. The second-order valence-corrected chi connectivity index (χ2v) is 7.47. The van der Waals surface area contributed by atoms with E-state index in [2.05, 4.69) is 10.3 Å². The topological polar surface area (TPSA) is 81.4 Å². The van der Waals surface area contributed by atoms with Crippen molar-refractivity contribution < 1.29 is 18.2 Å². The summed E-state index contributed by atoms with van der Waals surface area (Å²) in [6, 6.07) is 7.86. The minimum absolute atomic E-state index is 0.0409. The monoisotopic (exact) mass is 378 g/mol. The second kappa shape index (κ2) is 10.2. The molecule has 1 heterocycles. The first-order valence-corrected chi connectivity index (χ1v) is 10.2. The molecule has 2 rings (SSSR count). The van der Waals surface area contributed by atoms with Gasteiger partial charge in [0.15, 0.2) is 0 Å². The van der Waals surface area contributed by atoms with E-state index in [0.29, 0.717) is 37.1 Å². The van der Waals surface area contributed by atoms with Crippen LogP contribution < -0.4 is 5.32 Å². The van der Waals surface area contributed by atoms with Crippen LogP contribution in [0.4, 0.5) is 0 Å². The van der Waals surface area contributed by atoms with E-state index in [1.165, 1.54) is 0 Å². The average molecular weight is 378 g/mol. The summed E-state index contributed by atoms with van der Waals surface area (Å²) in [5.41, 5.74) is 2.66. The highest BCUT2D eigenvalue weighted by atomic mass is 32.2. The fourth-order valence-electron chi connectivity index (χ4n) is 2.33. The Morgan fingerprint density at radius 1 is 1.27 bits per heavy atom. The number of carbonyl (C=O) groups excluding carboxylic acids is 1. The fourth-order valence-corrected chi connectivity index (χ4v) is 3.40. The summed E-state index contributed by atoms with van der Waals surface area (Å²) in [6.07, 6.45) is 0.745. The van der Waals surface area contributed by atoms with Crippen molar-refractivity contribution in [1.82, 2.24) is 10.3 Å². The summed E-state index contributed by atoms with van der Waals surface area (Å²) < 4.78 is 23.1. The number of amides is 1. The zero-order valence-electron chi connectivity index (χ0n) is 15.5. The molecule has 2 aromatic rings. The first kappa shape index (κ1) is 20.3. The van der Waals surface area contributed by atoms with E-state index in [0.717, 1.165) is 17.5 Å². The van der Waals surface area contributed by atoms with Gasteiger partial charge in [0.1, 0.15) is 11.5 Å². The molecule has 0 aliphatic heterocycles. The molecule has 6 nitrogen and oxygen atoms in total. The third-order valence-corrected chi connectivity index (χ3v) is 4.95. The number of carbonyl (C=O) groups is 1. The first-order chi connectivity index (χ1) is 12.5. The van der Waals surface area contributed by atoms with Crippen LogP contribution in [0, 0.1) is 13.8 Å². The molecule has 0 saturated heterocycles. The number of benzene rings is 1.